The maximum Gasteiger partial charge on any atom is 0.156 e. The number of benzene rings is 1. The third kappa shape index (κ3) is 2.41. The van der Waals surface area contributed by atoms with E-state index in [1.165, 1.54) is 12.8 Å². The summed E-state index contributed by atoms with van der Waals surface area (Å²) in [6.45, 7) is 0.775. The lowest BCUT2D eigenvalue weighted by Crippen LogP contribution is -2.01. The van der Waals surface area contributed by atoms with E-state index in [1.54, 1.807) is 0 Å². The summed E-state index contributed by atoms with van der Waals surface area (Å²) >= 11 is 3.42. The van der Waals surface area contributed by atoms with Crippen LogP contribution < -0.4 is 10.5 Å². The topological polar surface area (TPSA) is 35.2 Å². The lowest BCUT2D eigenvalue weighted by Gasteiger charge is -2.09. The standard InChI is InChI=1S/C11H14BrNO/c12-9-2-1-3-10(13)11(9)14-7-6-8-4-5-8/h1-3,8H,4-7,13H2. The molecule has 0 unspecified atom stereocenters. The van der Waals surface area contributed by atoms with Gasteiger partial charge in [-0.1, -0.05) is 18.9 Å². The molecule has 2 nitrogen and oxygen atoms in total. The number of nitrogens with two attached hydrogens (primary N) is 1. The van der Waals surface area contributed by atoms with Gasteiger partial charge in [0.05, 0.1) is 16.8 Å². The molecule has 0 aromatic heterocycles. The maximum absolute atomic E-state index is 5.80. The highest BCUT2D eigenvalue weighted by Crippen LogP contribution is 2.34. The third-order valence-electron chi connectivity index (χ3n) is 2.47. The minimum atomic E-state index is 0.704. The quantitative estimate of drug-likeness (QED) is 0.839. The number of rotatable bonds is 4. The summed E-state index contributed by atoms with van der Waals surface area (Å²) in [5.74, 6) is 1.69. The number of ether oxygens (including phenoxy) is 1. The van der Waals surface area contributed by atoms with Gasteiger partial charge in [0.15, 0.2) is 5.75 Å². The monoisotopic (exact) mass is 255 g/mol. The van der Waals surface area contributed by atoms with Crippen LogP contribution in [0.1, 0.15) is 19.3 Å². The number of nitrogen functional groups attached to an aromatic ring is 1. The summed E-state index contributed by atoms with van der Waals surface area (Å²) in [5, 5.41) is 0. The Balaban J connectivity index is 1.92. The van der Waals surface area contributed by atoms with E-state index in [2.05, 4.69) is 15.9 Å². The van der Waals surface area contributed by atoms with Gasteiger partial charge in [0.25, 0.3) is 0 Å². The van der Waals surface area contributed by atoms with Gasteiger partial charge in [-0.3, -0.25) is 0 Å². The van der Waals surface area contributed by atoms with Gasteiger partial charge in [-0.05, 0) is 40.4 Å². The molecule has 0 atom stereocenters. The van der Waals surface area contributed by atoms with Gasteiger partial charge in [-0.25, -0.2) is 0 Å². The van der Waals surface area contributed by atoms with Crippen LogP contribution in [0.25, 0.3) is 0 Å². The highest BCUT2D eigenvalue weighted by atomic mass is 79.9. The van der Waals surface area contributed by atoms with Crippen LogP contribution in [0.4, 0.5) is 5.69 Å². The Bertz CT molecular complexity index is 303. The highest BCUT2D eigenvalue weighted by molar-refractivity contribution is 9.10. The Morgan fingerprint density at radius 3 is 2.86 bits per heavy atom. The molecule has 76 valence electrons. The van der Waals surface area contributed by atoms with E-state index in [-0.39, 0.29) is 0 Å². The number of halogens is 1. The van der Waals surface area contributed by atoms with Crippen molar-refractivity contribution in [3.8, 4) is 5.75 Å². The summed E-state index contributed by atoms with van der Waals surface area (Å²) in [5.41, 5.74) is 6.50. The molecule has 0 spiro atoms. The second-order valence-corrected chi connectivity index (χ2v) is 4.59. The molecule has 1 aromatic rings. The number of hydrogen-bond donors (Lipinski definition) is 1. The van der Waals surface area contributed by atoms with Gasteiger partial charge in [-0.2, -0.15) is 0 Å². The van der Waals surface area contributed by atoms with Crippen LogP contribution in [-0.2, 0) is 0 Å². The molecule has 3 heteroatoms. The Hall–Kier alpha value is -0.700. The summed E-state index contributed by atoms with van der Waals surface area (Å²) in [7, 11) is 0. The SMILES string of the molecule is Nc1cccc(Br)c1OCCC1CC1. The summed E-state index contributed by atoms with van der Waals surface area (Å²) < 4.78 is 6.58. The molecule has 1 fully saturated rings. The molecule has 2 rings (SSSR count). The smallest absolute Gasteiger partial charge is 0.156 e. The number of anilines is 1. The first-order chi connectivity index (χ1) is 6.77. The van der Waals surface area contributed by atoms with Crippen LogP contribution in [0.5, 0.6) is 5.75 Å². The normalized spacial score (nSPS) is 15.5. The molecule has 1 aromatic carbocycles. The number of para-hydroxylation sites is 1. The second-order valence-electron chi connectivity index (χ2n) is 3.74. The van der Waals surface area contributed by atoms with E-state index in [1.807, 2.05) is 18.2 Å². The molecular formula is C11H14BrNO. The molecule has 0 heterocycles. The predicted molar refractivity (Wildman–Crippen MR) is 61.4 cm³/mol. The zero-order valence-electron chi connectivity index (χ0n) is 8.00. The van der Waals surface area contributed by atoms with Gasteiger partial charge >= 0.3 is 0 Å². The largest absolute Gasteiger partial charge is 0.490 e. The predicted octanol–water partition coefficient (Wildman–Crippen LogP) is 3.21. The van der Waals surface area contributed by atoms with Crippen LogP contribution in [0.3, 0.4) is 0 Å². The van der Waals surface area contributed by atoms with Crippen LogP contribution in [0.15, 0.2) is 22.7 Å². The molecule has 1 saturated carbocycles. The van der Waals surface area contributed by atoms with Crippen molar-refractivity contribution in [2.45, 2.75) is 19.3 Å². The average Bonchev–Trinajstić information content (AvgIpc) is 2.94. The van der Waals surface area contributed by atoms with E-state index < -0.39 is 0 Å². The van der Waals surface area contributed by atoms with E-state index in [4.69, 9.17) is 10.5 Å². The van der Waals surface area contributed by atoms with Crippen molar-refractivity contribution in [3.05, 3.63) is 22.7 Å². The molecule has 0 amide bonds. The van der Waals surface area contributed by atoms with Crippen molar-refractivity contribution in [2.75, 3.05) is 12.3 Å². The van der Waals surface area contributed by atoms with Crippen LogP contribution >= 0.6 is 15.9 Å². The third-order valence-corrected chi connectivity index (χ3v) is 3.09. The maximum atomic E-state index is 5.80. The lowest BCUT2D eigenvalue weighted by atomic mass is 10.3. The van der Waals surface area contributed by atoms with Gasteiger partial charge in [0.1, 0.15) is 0 Å². The second kappa shape index (κ2) is 4.22. The van der Waals surface area contributed by atoms with E-state index in [0.717, 1.165) is 29.2 Å². The van der Waals surface area contributed by atoms with Gasteiger partial charge in [-0.15, -0.1) is 0 Å². The Morgan fingerprint density at radius 1 is 1.43 bits per heavy atom. The molecule has 0 aliphatic heterocycles. The molecule has 1 aliphatic carbocycles. The first kappa shape index (κ1) is 9.84. The van der Waals surface area contributed by atoms with Crippen molar-refractivity contribution in [2.24, 2.45) is 5.92 Å². The fourth-order valence-corrected chi connectivity index (χ4v) is 1.91. The molecule has 1 aliphatic rings. The molecule has 0 saturated heterocycles. The van der Waals surface area contributed by atoms with Gasteiger partial charge in [0, 0.05) is 0 Å². The fourth-order valence-electron chi connectivity index (χ4n) is 1.41. The minimum absolute atomic E-state index is 0.704. The van der Waals surface area contributed by atoms with Crippen LogP contribution in [0, 0.1) is 5.92 Å². The highest BCUT2D eigenvalue weighted by Gasteiger charge is 2.21. The first-order valence-corrected chi connectivity index (χ1v) is 5.73. The van der Waals surface area contributed by atoms with Crippen molar-refractivity contribution in [1.29, 1.82) is 0 Å². The molecule has 0 radical (unpaired) electrons. The van der Waals surface area contributed by atoms with Crippen molar-refractivity contribution >= 4 is 21.6 Å². The summed E-state index contributed by atoms with van der Waals surface area (Å²) in [4.78, 5) is 0. The first-order valence-electron chi connectivity index (χ1n) is 4.94. The zero-order valence-corrected chi connectivity index (χ0v) is 9.59. The van der Waals surface area contributed by atoms with Crippen molar-refractivity contribution < 1.29 is 4.74 Å². The fraction of sp³-hybridized carbons (Fsp3) is 0.455. The van der Waals surface area contributed by atoms with E-state index in [9.17, 15) is 0 Å². The Morgan fingerprint density at radius 2 is 2.21 bits per heavy atom. The number of hydrogen-bond acceptors (Lipinski definition) is 2. The van der Waals surface area contributed by atoms with Crippen molar-refractivity contribution in [1.82, 2.24) is 0 Å². The minimum Gasteiger partial charge on any atom is -0.490 e. The summed E-state index contributed by atoms with van der Waals surface area (Å²) in [6.07, 6.45) is 3.89. The molecule has 2 N–H and O–H groups in total. The lowest BCUT2D eigenvalue weighted by molar-refractivity contribution is 0.302. The molecular weight excluding hydrogens is 242 g/mol. The Kier molecular flexibility index (Phi) is 2.96. The average molecular weight is 256 g/mol. The Labute approximate surface area is 92.6 Å². The van der Waals surface area contributed by atoms with Crippen LogP contribution in [-0.4, -0.2) is 6.61 Å². The molecule has 14 heavy (non-hydrogen) atoms. The van der Waals surface area contributed by atoms with Crippen molar-refractivity contribution in [3.63, 3.8) is 0 Å². The van der Waals surface area contributed by atoms with Gasteiger partial charge < -0.3 is 10.5 Å². The molecule has 0 bridgehead atoms. The zero-order chi connectivity index (χ0) is 9.97. The van der Waals surface area contributed by atoms with E-state index in [0.29, 0.717) is 5.69 Å². The van der Waals surface area contributed by atoms with E-state index >= 15 is 0 Å². The van der Waals surface area contributed by atoms with Gasteiger partial charge in [0.2, 0.25) is 0 Å². The summed E-state index contributed by atoms with van der Waals surface area (Å²) in [6, 6.07) is 5.72. The van der Waals surface area contributed by atoms with Crippen LogP contribution in [0.2, 0.25) is 0 Å².